The van der Waals surface area contributed by atoms with Crippen LogP contribution in [0, 0.1) is 0 Å². The van der Waals surface area contributed by atoms with Crippen LogP contribution in [0.5, 0.6) is 0 Å². The van der Waals surface area contributed by atoms with E-state index < -0.39 is 30.0 Å². The first-order valence-electron chi connectivity index (χ1n) is 7.13. The highest BCUT2D eigenvalue weighted by atomic mass is 32.2. The smallest absolute Gasteiger partial charge is 0.282 e. The molecule has 0 fully saturated rings. The van der Waals surface area contributed by atoms with E-state index >= 15 is 0 Å². The number of hydrogen-bond donors (Lipinski definition) is 2. The average molecular weight is 422 g/mol. The third kappa shape index (κ3) is 5.15. The third-order valence-corrected chi connectivity index (χ3v) is 5.16. The topological polar surface area (TPSA) is 168 Å². The molecule has 0 aliphatic rings. The Bertz CT molecular complexity index is 1170. The Hall–Kier alpha value is -3.24. The van der Waals surface area contributed by atoms with Crippen LogP contribution in [0.2, 0.25) is 0 Å². The van der Waals surface area contributed by atoms with Gasteiger partial charge in [0.2, 0.25) is 12.2 Å². The van der Waals surface area contributed by atoms with Crippen molar-refractivity contribution < 1.29 is 35.5 Å². The van der Waals surface area contributed by atoms with Crippen LogP contribution in [0.25, 0.3) is 12.2 Å². The average Bonchev–Trinajstić information content (AvgIpc) is 2.60. The molecule has 0 atom stereocenters. The lowest BCUT2D eigenvalue weighted by molar-refractivity contribution is 0.480. The minimum Gasteiger partial charge on any atom is -0.282 e. The molecule has 2 rings (SSSR count). The van der Waals surface area contributed by atoms with Gasteiger partial charge < -0.3 is 0 Å². The van der Waals surface area contributed by atoms with E-state index in [2.05, 4.69) is 9.98 Å². The maximum atomic E-state index is 11.6. The molecule has 12 heteroatoms. The Morgan fingerprint density at radius 2 is 1.07 bits per heavy atom. The normalized spacial score (nSPS) is 11.6. The Morgan fingerprint density at radius 3 is 1.36 bits per heavy atom. The molecule has 0 amide bonds. The van der Waals surface area contributed by atoms with Gasteiger partial charge in [-0.2, -0.15) is 26.8 Å². The van der Waals surface area contributed by atoms with Gasteiger partial charge in [-0.1, -0.05) is 24.3 Å². The SMILES string of the molecule is O=C=Nc1ccc(/C=C/c2ccc(N=C=O)cc2S(=O)(=O)O)c(S(=O)(=O)O)c1. The Labute approximate surface area is 159 Å². The maximum Gasteiger partial charge on any atom is 0.295 e. The van der Waals surface area contributed by atoms with E-state index in [1.807, 2.05) is 0 Å². The van der Waals surface area contributed by atoms with Gasteiger partial charge in [0, 0.05) is 0 Å². The quantitative estimate of drug-likeness (QED) is 0.309. The fourth-order valence-electron chi connectivity index (χ4n) is 2.19. The van der Waals surface area contributed by atoms with Crippen LogP contribution in [0.4, 0.5) is 11.4 Å². The fourth-order valence-corrected chi connectivity index (χ4v) is 3.60. The summed E-state index contributed by atoms with van der Waals surface area (Å²) in [6.07, 6.45) is 4.77. The molecule has 2 N–H and O–H groups in total. The van der Waals surface area contributed by atoms with Crippen molar-refractivity contribution in [2.75, 3.05) is 0 Å². The van der Waals surface area contributed by atoms with Gasteiger partial charge in [-0.25, -0.2) is 9.59 Å². The van der Waals surface area contributed by atoms with Crippen LogP contribution in [-0.4, -0.2) is 38.1 Å². The second-order valence-electron chi connectivity index (χ2n) is 5.13. The number of hydrogen-bond acceptors (Lipinski definition) is 8. The van der Waals surface area contributed by atoms with Crippen LogP contribution in [0.15, 0.2) is 56.2 Å². The summed E-state index contributed by atoms with van der Waals surface area (Å²) < 4.78 is 64.9. The lowest BCUT2D eigenvalue weighted by Gasteiger charge is -2.06. The molecule has 0 aromatic heterocycles. The molecule has 0 bridgehead atoms. The van der Waals surface area contributed by atoms with Gasteiger partial charge >= 0.3 is 0 Å². The molecule has 144 valence electrons. The Kier molecular flexibility index (Phi) is 6.16. The summed E-state index contributed by atoms with van der Waals surface area (Å²) in [7, 11) is -9.40. The summed E-state index contributed by atoms with van der Waals surface area (Å²) in [4.78, 5) is 25.9. The Balaban J connectivity index is 2.63. The second-order valence-corrected chi connectivity index (χ2v) is 7.91. The molecule has 0 heterocycles. The van der Waals surface area contributed by atoms with Crippen molar-refractivity contribution in [3.05, 3.63) is 47.5 Å². The highest BCUT2D eigenvalue weighted by molar-refractivity contribution is 7.86. The fraction of sp³-hybridized carbons (Fsp3) is 0. The molecule has 28 heavy (non-hydrogen) atoms. The zero-order valence-electron chi connectivity index (χ0n) is 13.7. The standard InChI is InChI=1S/C16H10N2O8S2/c19-9-17-13-5-3-11(15(7-13)27(21,22)23)1-2-12-4-6-14(18-10-20)8-16(12)28(24,25)26/h1-8H,(H,21,22,23)(H,24,25,26)/b2-1+. The molecule has 0 aliphatic heterocycles. The summed E-state index contributed by atoms with van der Waals surface area (Å²) in [5.41, 5.74) is -0.254. The molecule has 0 saturated heterocycles. The van der Waals surface area contributed by atoms with E-state index in [0.717, 1.165) is 24.3 Å². The summed E-state index contributed by atoms with van der Waals surface area (Å²) in [6, 6.07) is 6.81. The van der Waals surface area contributed by atoms with Gasteiger partial charge in [0.1, 0.15) is 9.79 Å². The molecule has 0 radical (unpaired) electrons. The largest absolute Gasteiger partial charge is 0.295 e. The third-order valence-electron chi connectivity index (χ3n) is 3.34. The van der Waals surface area contributed by atoms with Crippen molar-refractivity contribution in [3.8, 4) is 0 Å². The number of rotatable bonds is 6. The molecule has 0 aliphatic carbocycles. The van der Waals surface area contributed by atoms with Crippen molar-refractivity contribution >= 4 is 55.9 Å². The molecule has 0 spiro atoms. The predicted octanol–water partition coefficient (Wildman–Crippen LogP) is 2.29. The predicted molar refractivity (Wildman–Crippen MR) is 97.0 cm³/mol. The summed E-state index contributed by atoms with van der Waals surface area (Å²) in [6.45, 7) is 0. The molecular formula is C16H10N2O8S2. The number of benzene rings is 2. The minimum absolute atomic E-state index is 0.0522. The lowest BCUT2D eigenvalue weighted by Crippen LogP contribution is -2.01. The van der Waals surface area contributed by atoms with Crippen molar-refractivity contribution in [1.29, 1.82) is 0 Å². The minimum atomic E-state index is -4.70. The van der Waals surface area contributed by atoms with E-state index in [4.69, 9.17) is 0 Å². The van der Waals surface area contributed by atoms with E-state index in [1.54, 1.807) is 0 Å². The van der Waals surface area contributed by atoms with Gasteiger partial charge in [0.15, 0.2) is 0 Å². The molecular weight excluding hydrogens is 412 g/mol. The molecule has 10 nitrogen and oxygen atoms in total. The summed E-state index contributed by atoms with van der Waals surface area (Å²) in [5.74, 6) is 0. The van der Waals surface area contributed by atoms with E-state index in [1.165, 1.54) is 36.4 Å². The zero-order chi connectivity index (χ0) is 20.9. The van der Waals surface area contributed by atoms with Crippen LogP contribution >= 0.6 is 0 Å². The van der Waals surface area contributed by atoms with Gasteiger partial charge in [-0.3, -0.25) is 9.11 Å². The van der Waals surface area contributed by atoms with Crippen LogP contribution < -0.4 is 0 Å². The van der Waals surface area contributed by atoms with Crippen LogP contribution in [-0.2, 0) is 29.8 Å². The first-order chi connectivity index (χ1) is 13.1. The molecule has 2 aromatic rings. The van der Waals surface area contributed by atoms with Crippen LogP contribution in [0.3, 0.4) is 0 Å². The summed E-state index contributed by atoms with van der Waals surface area (Å²) in [5, 5.41) is 0. The number of aliphatic imine (C=N–C) groups is 2. The van der Waals surface area contributed by atoms with Crippen LogP contribution in [0.1, 0.15) is 11.1 Å². The highest BCUT2D eigenvalue weighted by Crippen LogP contribution is 2.27. The Morgan fingerprint density at radius 1 is 0.714 bits per heavy atom. The highest BCUT2D eigenvalue weighted by Gasteiger charge is 2.17. The van der Waals surface area contributed by atoms with E-state index in [9.17, 15) is 35.5 Å². The van der Waals surface area contributed by atoms with Crippen molar-refractivity contribution in [1.82, 2.24) is 0 Å². The zero-order valence-corrected chi connectivity index (χ0v) is 15.3. The van der Waals surface area contributed by atoms with Gasteiger partial charge in [0.25, 0.3) is 20.2 Å². The lowest BCUT2D eigenvalue weighted by atomic mass is 10.1. The van der Waals surface area contributed by atoms with Crippen molar-refractivity contribution in [3.63, 3.8) is 0 Å². The van der Waals surface area contributed by atoms with Crippen molar-refractivity contribution in [2.45, 2.75) is 9.79 Å². The van der Waals surface area contributed by atoms with Gasteiger partial charge in [0.05, 0.1) is 11.4 Å². The van der Waals surface area contributed by atoms with Gasteiger partial charge in [-0.05, 0) is 35.4 Å². The molecule has 0 unspecified atom stereocenters. The molecule has 0 saturated carbocycles. The second kappa shape index (κ2) is 8.19. The van der Waals surface area contributed by atoms with Crippen molar-refractivity contribution in [2.24, 2.45) is 9.98 Å². The number of carbonyl (C=O) groups excluding carboxylic acids is 2. The number of isocyanates is 2. The van der Waals surface area contributed by atoms with E-state index in [0.29, 0.717) is 0 Å². The first-order valence-corrected chi connectivity index (χ1v) is 10.0. The van der Waals surface area contributed by atoms with E-state index in [-0.39, 0.29) is 22.5 Å². The first kappa shape index (κ1) is 21.1. The summed E-state index contributed by atoms with van der Waals surface area (Å²) >= 11 is 0. The molecule has 2 aromatic carbocycles. The maximum absolute atomic E-state index is 11.6. The monoisotopic (exact) mass is 422 g/mol. The number of nitrogens with zero attached hydrogens (tertiary/aromatic N) is 2. The van der Waals surface area contributed by atoms with Gasteiger partial charge in [-0.15, -0.1) is 0 Å².